The summed E-state index contributed by atoms with van der Waals surface area (Å²) in [7, 11) is -3.61. The third kappa shape index (κ3) is 5.65. The summed E-state index contributed by atoms with van der Waals surface area (Å²) in [5.74, 6) is -0.211. The molecule has 27 heavy (non-hydrogen) atoms. The van der Waals surface area contributed by atoms with E-state index >= 15 is 0 Å². The molecule has 0 aromatic heterocycles. The summed E-state index contributed by atoms with van der Waals surface area (Å²) in [4.78, 5) is 14.8. The molecule has 1 aliphatic heterocycles. The summed E-state index contributed by atoms with van der Waals surface area (Å²) < 4.78 is 28.0. The van der Waals surface area contributed by atoms with Gasteiger partial charge in [0.15, 0.2) is 0 Å². The van der Waals surface area contributed by atoms with E-state index in [0.29, 0.717) is 25.1 Å². The van der Waals surface area contributed by atoms with Gasteiger partial charge in [0.05, 0.1) is 5.75 Å². The van der Waals surface area contributed by atoms with Gasteiger partial charge in [-0.1, -0.05) is 60.7 Å². The molecule has 6 heteroatoms. The first kappa shape index (κ1) is 19.6. The molecular weight excluding hydrogens is 360 g/mol. The number of nitrogens with one attached hydrogen (secondary N) is 1. The fraction of sp³-hybridized carbons (Fsp3) is 0.381. The predicted octanol–water partition coefficient (Wildman–Crippen LogP) is 2.90. The van der Waals surface area contributed by atoms with Crippen molar-refractivity contribution in [3.63, 3.8) is 0 Å². The van der Waals surface area contributed by atoms with Crippen LogP contribution >= 0.6 is 0 Å². The number of piperidine rings is 1. The van der Waals surface area contributed by atoms with Crippen LogP contribution in [0.1, 0.15) is 36.4 Å². The second-order valence-corrected chi connectivity index (χ2v) is 8.78. The lowest BCUT2D eigenvalue weighted by Crippen LogP contribution is -2.45. The van der Waals surface area contributed by atoms with E-state index in [2.05, 4.69) is 4.72 Å². The standard InChI is InChI=1S/C21H26N2O3S/c24-21(23-15-8-3-9-16-23)20(19-12-6-2-7-13-19)22-27(25,26)17-14-18-10-4-1-5-11-18/h1-2,4-7,10-13,20,22H,3,8-9,14-17H2/t20-/m0/s1. The molecule has 0 saturated carbocycles. The number of nitrogens with zero attached hydrogens (tertiary/aromatic N) is 1. The molecular formula is C21H26N2O3S. The van der Waals surface area contributed by atoms with Crippen LogP contribution in [0.25, 0.3) is 0 Å². The molecule has 3 rings (SSSR count). The minimum Gasteiger partial charge on any atom is -0.341 e. The quantitative estimate of drug-likeness (QED) is 0.796. The first-order chi connectivity index (χ1) is 13.1. The van der Waals surface area contributed by atoms with Gasteiger partial charge in [-0.2, -0.15) is 4.72 Å². The fourth-order valence-corrected chi connectivity index (χ4v) is 4.56. The normalized spacial score (nSPS) is 16.1. The van der Waals surface area contributed by atoms with Crippen molar-refractivity contribution < 1.29 is 13.2 Å². The van der Waals surface area contributed by atoms with Crippen molar-refractivity contribution in [1.82, 2.24) is 9.62 Å². The average molecular weight is 387 g/mol. The molecule has 1 aliphatic rings. The van der Waals surface area contributed by atoms with Gasteiger partial charge in [-0.05, 0) is 36.8 Å². The van der Waals surface area contributed by atoms with Crippen molar-refractivity contribution in [1.29, 1.82) is 0 Å². The van der Waals surface area contributed by atoms with Crippen molar-refractivity contribution in [3.05, 3.63) is 71.8 Å². The zero-order valence-corrected chi connectivity index (χ0v) is 16.2. The molecule has 5 nitrogen and oxygen atoms in total. The summed E-state index contributed by atoms with van der Waals surface area (Å²) in [5, 5.41) is 0. The molecule has 1 heterocycles. The van der Waals surface area contributed by atoms with Crippen LogP contribution in [-0.4, -0.2) is 38.1 Å². The lowest BCUT2D eigenvalue weighted by Gasteiger charge is -2.31. The molecule has 2 aromatic carbocycles. The zero-order valence-electron chi connectivity index (χ0n) is 15.4. The van der Waals surface area contributed by atoms with Crippen molar-refractivity contribution in [2.45, 2.75) is 31.7 Å². The van der Waals surface area contributed by atoms with Gasteiger partial charge in [-0.25, -0.2) is 8.42 Å². The van der Waals surface area contributed by atoms with Crippen molar-refractivity contribution in [2.75, 3.05) is 18.8 Å². The van der Waals surface area contributed by atoms with Crippen molar-refractivity contribution >= 4 is 15.9 Å². The minimum absolute atomic E-state index is 0.0480. The predicted molar refractivity (Wildman–Crippen MR) is 107 cm³/mol. The van der Waals surface area contributed by atoms with E-state index in [0.717, 1.165) is 24.8 Å². The zero-order chi connectivity index (χ0) is 19.1. The van der Waals surface area contributed by atoms with Gasteiger partial charge < -0.3 is 4.90 Å². The van der Waals surface area contributed by atoms with Crippen molar-refractivity contribution in [2.24, 2.45) is 0 Å². The Balaban J connectivity index is 1.75. The van der Waals surface area contributed by atoms with E-state index in [1.807, 2.05) is 48.5 Å². The molecule has 2 aromatic rings. The van der Waals surface area contributed by atoms with Crippen LogP contribution in [0.4, 0.5) is 0 Å². The number of likely N-dealkylation sites (tertiary alicyclic amines) is 1. The molecule has 0 radical (unpaired) electrons. The number of carbonyl (C=O) groups excluding carboxylic acids is 1. The SMILES string of the molecule is O=C([C@@H](NS(=O)(=O)CCc1ccccc1)c1ccccc1)N1CCCCC1. The summed E-state index contributed by atoms with van der Waals surface area (Å²) in [6, 6.07) is 17.7. The summed E-state index contributed by atoms with van der Waals surface area (Å²) >= 11 is 0. The van der Waals surface area contributed by atoms with E-state index in [-0.39, 0.29) is 11.7 Å². The van der Waals surface area contributed by atoms with E-state index in [1.54, 1.807) is 17.0 Å². The Kier molecular flexibility index (Phi) is 6.63. The highest BCUT2D eigenvalue weighted by atomic mass is 32.2. The molecule has 1 saturated heterocycles. The lowest BCUT2D eigenvalue weighted by atomic mass is 10.0. The second kappa shape index (κ2) is 9.15. The highest BCUT2D eigenvalue weighted by Gasteiger charge is 2.30. The largest absolute Gasteiger partial charge is 0.341 e. The summed E-state index contributed by atoms with van der Waals surface area (Å²) in [6.07, 6.45) is 3.46. The number of aryl methyl sites for hydroxylation is 1. The van der Waals surface area contributed by atoms with E-state index < -0.39 is 16.1 Å². The molecule has 0 bridgehead atoms. The highest BCUT2D eigenvalue weighted by Crippen LogP contribution is 2.20. The Labute approximate surface area is 161 Å². The number of amides is 1. The maximum Gasteiger partial charge on any atom is 0.245 e. The third-order valence-corrected chi connectivity index (χ3v) is 6.18. The van der Waals surface area contributed by atoms with Crippen LogP contribution in [0.15, 0.2) is 60.7 Å². The lowest BCUT2D eigenvalue weighted by molar-refractivity contribution is -0.134. The van der Waals surface area contributed by atoms with Gasteiger partial charge in [0.1, 0.15) is 6.04 Å². The monoisotopic (exact) mass is 386 g/mol. The molecule has 0 aliphatic carbocycles. The van der Waals surface area contributed by atoms with Crippen LogP contribution < -0.4 is 4.72 Å². The number of rotatable bonds is 7. The van der Waals surface area contributed by atoms with Crippen molar-refractivity contribution in [3.8, 4) is 0 Å². The fourth-order valence-electron chi connectivity index (χ4n) is 3.34. The molecule has 144 valence electrons. The molecule has 1 fully saturated rings. The van der Waals surface area contributed by atoms with Gasteiger partial charge >= 0.3 is 0 Å². The molecule has 1 N–H and O–H groups in total. The smallest absolute Gasteiger partial charge is 0.245 e. The van der Waals surface area contributed by atoms with E-state index in [1.165, 1.54) is 0 Å². The Morgan fingerprint density at radius 1 is 0.926 bits per heavy atom. The average Bonchev–Trinajstić information content (AvgIpc) is 2.72. The van der Waals surface area contributed by atoms with E-state index in [9.17, 15) is 13.2 Å². The summed E-state index contributed by atoms with van der Waals surface area (Å²) in [5.41, 5.74) is 1.64. The Morgan fingerprint density at radius 2 is 1.52 bits per heavy atom. The maximum absolute atomic E-state index is 13.0. The van der Waals surface area contributed by atoms with Gasteiger partial charge in [-0.15, -0.1) is 0 Å². The number of benzene rings is 2. The molecule has 0 spiro atoms. The summed E-state index contributed by atoms with van der Waals surface area (Å²) in [6.45, 7) is 1.38. The number of hydrogen-bond donors (Lipinski definition) is 1. The number of sulfonamides is 1. The molecule has 1 atom stereocenters. The maximum atomic E-state index is 13.0. The molecule has 0 unspecified atom stereocenters. The van der Waals surface area contributed by atoms with Crippen LogP contribution in [-0.2, 0) is 21.2 Å². The van der Waals surface area contributed by atoms with Gasteiger partial charge in [-0.3, -0.25) is 4.79 Å². The van der Waals surface area contributed by atoms with E-state index in [4.69, 9.17) is 0 Å². The topological polar surface area (TPSA) is 66.5 Å². The Morgan fingerprint density at radius 3 is 2.15 bits per heavy atom. The first-order valence-corrected chi connectivity index (χ1v) is 11.1. The third-order valence-electron chi connectivity index (χ3n) is 4.85. The highest BCUT2D eigenvalue weighted by molar-refractivity contribution is 7.89. The molecule has 1 amide bonds. The first-order valence-electron chi connectivity index (χ1n) is 9.43. The van der Waals surface area contributed by atoms with Crippen LogP contribution in [0, 0.1) is 0 Å². The Hall–Kier alpha value is -2.18. The number of carbonyl (C=O) groups is 1. The minimum atomic E-state index is -3.61. The van der Waals surface area contributed by atoms with Gasteiger partial charge in [0.2, 0.25) is 15.9 Å². The van der Waals surface area contributed by atoms with Gasteiger partial charge in [0, 0.05) is 13.1 Å². The number of hydrogen-bond acceptors (Lipinski definition) is 3. The van der Waals surface area contributed by atoms with Gasteiger partial charge in [0.25, 0.3) is 0 Å². The second-order valence-electron chi connectivity index (χ2n) is 6.90. The van der Waals surface area contributed by atoms with Crippen LogP contribution in [0.3, 0.4) is 0 Å². The van der Waals surface area contributed by atoms with Crippen LogP contribution in [0.2, 0.25) is 0 Å². The van der Waals surface area contributed by atoms with Crippen LogP contribution in [0.5, 0.6) is 0 Å². The Bertz CT molecular complexity index is 832.